The molecule has 0 aliphatic carbocycles. The molecule has 21 heavy (non-hydrogen) atoms. The van der Waals surface area contributed by atoms with Gasteiger partial charge in [0.1, 0.15) is 0 Å². The van der Waals surface area contributed by atoms with E-state index < -0.39 is 11.2 Å². The summed E-state index contributed by atoms with van der Waals surface area (Å²) in [5, 5.41) is 21.5. The average molecular weight is 414 g/mol. The Hall–Kier alpha value is -0.680. The van der Waals surface area contributed by atoms with Gasteiger partial charge in [-0.3, -0.25) is 0 Å². The van der Waals surface area contributed by atoms with Crippen LogP contribution in [-0.2, 0) is 11.2 Å². The molecule has 0 amide bonds. The number of hydrogen-bond acceptors (Lipinski definition) is 2. The maximum absolute atomic E-state index is 10.7. The molecule has 112 valence electrons. The predicted octanol–water partition coefficient (Wildman–Crippen LogP) is 4.72. The summed E-state index contributed by atoms with van der Waals surface area (Å²) in [6, 6.07) is 15.0. The normalized spacial score (nSPS) is 17.0. The fourth-order valence-electron chi connectivity index (χ4n) is 2.49. The summed E-state index contributed by atoms with van der Waals surface area (Å²) in [5.74, 6) is 0. The maximum atomic E-state index is 10.7. The Balaban J connectivity index is 2.25. The lowest BCUT2D eigenvalue weighted by atomic mass is 9.81. The SMILES string of the molecule is C[C@](O)(C[C@](C)(O)c1ccc(Br)cc1)c1ccc(Br)cc1. The van der Waals surface area contributed by atoms with Crippen molar-refractivity contribution in [2.75, 3.05) is 0 Å². The minimum Gasteiger partial charge on any atom is -0.385 e. The van der Waals surface area contributed by atoms with Gasteiger partial charge in [-0.2, -0.15) is 0 Å². The van der Waals surface area contributed by atoms with Crippen molar-refractivity contribution in [3.8, 4) is 0 Å². The Morgan fingerprint density at radius 2 is 1.00 bits per heavy atom. The first-order valence-electron chi connectivity index (χ1n) is 6.68. The van der Waals surface area contributed by atoms with Crippen LogP contribution < -0.4 is 0 Å². The van der Waals surface area contributed by atoms with Gasteiger partial charge in [0, 0.05) is 15.4 Å². The van der Waals surface area contributed by atoms with Gasteiger partial charge in [0.05, 0.1) is 11.2 Å². The summed E-state index contributed by atoms with van der Waals surface area (Å²) in [7, 11) is 0. The van der Waals surface area contributed by atoms with Crippen LogP contribution in [0.15, 0.2) is 57.5 Å². The smallest absolute Gasteiger partial charge is 0.0899 e. The number of hydrogen-bond donors (Lipinski definition) is 2. The molecule has 0 saturated heterocycles. The lowest BCUT2D eigenvalue weighted by Crippen LogP contribution is -2.33. The van der Waals surface area contributed by atoms with Crippen molar-refractivity contribution in [2.24, 2.45) is 0 Å². The van der Waals surface area contributed by atoms with Crippen LogP contribution >= 0.6 is 31.9 Å². The van der Waals surface area contributed by atoms with E-state index in [2.05, 4.69) is 31.9 Å². The van der Waals surface area contributed by atoms with E-state index in [1.807, 2.05) is 48.5 Å². The van der Waals surface area contributed by atoms with Crippen molar-refractivity contribution in [3.05, 3.63) is 68.6 Å². The average Bonchev–Trinajstić information content (AvgIpc) is 2.38. The fourth-order valence-corrected chi connectivity index (χ4v) is 3.02. The number of rotatable bonds is 4. The molecule has 0 radical (unpaired) electrons. The first-order chi connectivity index (χ1) is 9.71. The monoisotopic (exact) mass is 412 g/mol. The molecule has 2 aromatic carbocycles. The quantitative estimate of drug-likeness (QED) is 0.761. The topological polar surface area (TPSA) is 40.5 Å². The first kappa shape index (κ1) is 16.7. The molecule has 2 rings (SSSR count). The molecule has 0 unspecified atom stereocenters. The summed E-state index contributed by atoms with van der Waals surface area (Å²) in [6.07, 6.45) is 0.212. The van der Waals surface area contributed by atoms with Crippen molar-refractivity contribution in [2.45, 2.75) is 31.5 Å². The molecule has 0 bridgehead atoms. The Kier molecular flexibility index (Phi) is 4.93. The molecular formula is C17H18Br2O2. The van der Waals surface area contributed by atoms with Crippen molar-refractivity contribution in [3.63, 3.8) is 0 Å². The van der Waals surface area contributed by atoms with Crippen LogP contribution in [-0.4, -0.2) is 10.2 Å². The fraction of sp³-hybridized carbons (Fsp3) is 0.294. The van der Waals surface area contributed by atoms with Crippen molar-refractivity contribution >= 4 is 31.9 Å². The van der Waals surface area contributed by atoms with Crippen molar-refractivity contribution in [1.82, 2.24) is 0 Å². The molecule has 4 heteroatoms. The van der Waals surface area contributed by atoms with Gasteiger partial charge in [-0.05, 0) is 49.2 Å². The second kappa shape index (κ2) is 6.21. The van der Waals surface area contributed by atoms with E-state index >= 15 is 0 Å². The van der Waals surface area contributed by atoms with Crippen molar-refractivity contribution < 1.29 is 10.2 Å². The third kappa shape index (κ3) is 4.16. The summed E-state index contributed by atoms with van der Waals surface area (Å²) in [5.41, 5.74) is -0.666. The standard InChI is InChI=1S/C17H18Br2O2/c1-16(20,12-3-7-14(18)8-4-12)11-17(2,21)13-5-9-15(19)10-6-13/h3-10,20-21H,11H2,1-2H3/t16-,17-/m0/s1. The minimum atomic E-state index is -1.11. The first-order valence-corrected chi connectivity index (χ1v) is 8.26. The molecule has 2 N–H and O–H groups in total. The molecule has 0 heterocycles. The molecule has 0 aliphatic heterocycles. The van der Waals surface area contributed by atoms with E-state index in [0.717, 1.165) is 20.1 Å². The lowest BCUT2D eigenvalue weighted by Gasteiger charge is -2.33. The Bertz CT molecular complexity index is 546. The zero-order valence-corrected chi connectivity index (χ0v) is 15.1. The Labute approximate surface area is 142 Å². The van der Waals surface area contributed by atoms with Crippen molar-refractivity contribution in [1.29, 1.82) is 0 Å². The summed E-state index contributed by atoms with van der Waals surface area (Å²) in [6.45, 7) is 3.45. The maximum Gasteiger partial charge on any atom is 0.0899 e. The predicted molar refractivity (Wildman–Crippen MR) is 92.0 cm³/mol. The molecule has 2 atom stereocenters. The number of aliphatic hydroxyl groups is 2. The van der Waals surface area contributed by atoms with Gasteiger partial charge in [0.2, 0.25) is 0 Å². The van der Waals surface area contributed by atoms with Gasteiger partial charge < -0.3 is 10.2 Å². The highest BCUT2D eigenvalue weighted by molar-refractivity contribution is 9.10. The van der Waals surface area contributed by atoms with Gasteiger partial charge in [-0.1, -0.05) is 56.1 Å². The third-order valence-corrected chi connectivity index (χ3v) is 4.68. The van der Waals surface area contributed by atoms with Crippen LogP contribution in [0.25, 0.3) is 0 Å². The van der Waals surface area contributed by atoms with Crippen LogP contribution in [0.3, 0.4) is 0 Å². The van der Waals surface area contributed by atoms with Crippen LogP contribution in [0.2, 0.25) is 0 Å². The van der Waals surface area contributed by atoms with E-state index in [4.69, 9.17) is 0 Å². The molecule has 0 fully saturated rings. The van der Waals surface area contributed by atoms with E-state index in [9.17, 15) is 10.2 Å². The Morgan fingerprint density at radius 3 is 1.29 bits per heavy atom. The van der Waals surface area contributed by atoms with E-state index in [-0.39, 0.29) is 6.42 Å². The number of halogens is 2. The van der Waals surface area contributed by atoms with E-state index in [1.165, 1.54) is 0 Å². The molecule has 0 aromatic heterocycles. The van der Waals surface area contributed by atoms with Gasteiger partial charge in [-0.15, -0.1) is 0 Å². The second-order valence-electron chi connectivity index (χ2n) is 5.74. The van der Waals surface area contributed by atoms with E-state index in [0.29, 0.717) is 0 Å². The van der Waals surface area contributed by atoms with Gasteiger partial charge in [0.25, 0.3) is 0 Å². The molecule has 0 aliphatic rings. The summed E-state index contributed by atoms with van der Waals surface area (Å²) < 4.78 is 1.92. The zero-order valence-electron chi connectivity index (χ0n) is 12.0. The molecule has 2 nitrogen and oxygen atoms in total. The van der Waals surface area contributed by atoms with Crippen LogP contribution in [0.5, 0.6) is 0 Å². The minimum absolute atomic E-state index is 0.212. The van der Waals surface area contributed by atoms with Gasteiger partial charge in [-0.25, -0.2) is 0 Å². The van der Waals surface area contributed by atoms with Crippen LogP contribution in [0.1, 0.15) is 31.4 Å². The van der Waals surface area contributed by atoms with Gasteiger partial charge in [0.15, 0.2) is 0 Å². The zero-order chi connectivity index (χ0) is 15.7. The second-order valence-corrected chi connectivity index (χ2v) is 7.57. The molecule has 2 aromatic rings. The summed E-state index contributed by atoms with van der Waals surface area (Å²) in [4.78, 5) is 0. The molecule has 0 saturated carbocycles. The Morgan fingerprint density at radius 1 is 0.714 bits per heavy atom. The largest absolute Gasteiger partial charge is 0.385 e. The highest BCUT2D eigenvalue weighted by Crippen LogP contribution is 2.36. The van der Waals surface area contributed by atoms with Crippen LogP contribution in [0, 0.1) is 0 Å². The molecular weight excluding hydrogens is 396 g/mol. The third-order valence-electron chi connectivity index (χ3n) is 3.62. The summed E-state index contributed by atoms with van der Waals surface area (Å²) >= 11 is 6.76. The van der Waals surface area contributed by atoms with E-state index in [1.54, 1.807) is 13.8 Å². The van der Waals surface area contributed by atoms with Crippen LogP contribution in [0.4, 0.5) is 0 Å². The number of benzene rings is 2. The highest BCUT2D eigenvalue weighted by atomic mass is 79.9. The van der Waals surface area contributed by atoms with Gasteiger partial charge >= 0.3 is 0 Å². The lowest BCUT2D eigenvalue weighted by molar-refractivity contribution is -0.0525. The highest BCUT2D eigenvalue weighted by Gasteiger charge is 2.34. The molecule has 0 spiro atoms.